The molecule has 1 heterocycles. The van der Waals surface area contributed by atoms with Crippen LogP contribution < -0.4 is 10.4 Å². The largest absolute Gasteiger partial charge is 0.366 e. The number of rotatable bonds is 4. The predicted octanol–water partition coefficient (Wildman–Crippen LogP) is 2.19. The van der Waals surface area contributed by atoms with E-state index in [0.29, 0.717) is 13.2 Å². The summed E-state index contributed by atoms with van der Waals surface area (Å²) in [6, 6.07) is 19.5. The van der Waals surface area contributed by atoms with Gasteiger partial charge in [0.15, 0.2) is 6.10 Å². The van der Waals surface area contributed by atoms with Crippen LogP contribution >= 0.6 is 0 Å². The first-order valence-electron chi connectivity index (χ1n) is 7.75. The second-order valence-corrected chi connectivity index (χ2v) is 5.60. The predicted molar refractivity (Wildman–Crippen MR) is 90.4 cm³/mol. The number of morpholine rings is 1. The van der Waals surface area contributed by atoms with Crippen molar-refractivity contribution >= 4 is 17.3 Å². The van der Waals surface area contributed by atoms with Gasteiger partial charge in [0, 0.05) is 13.1 Å². The number of ether oxygens (including phenoxy) is 1. The molecule has 1 fully saturated rings. The van der Waals surface area contributed by atoms with E-state index in [-0.39, 0.29) is 5.91 Å². The molecule has 5 nitrogen and oxygen atoms in total. The van der Waals surface area contributed by atoms with E-state index in [1.54, 1.807) is 5.01 Å². The summed E-state index contributed by atoms with van der Waals surface area (Å²) in [5.41, 5.74) is 4.78. The summed E-state index contributed by atoms with van der Waals surface area (Å²) in [5, 5.41) is 1.79. The van der Waals surface area contributed by atoms with Crippen molar-refractivity contribution in [2.45, 2.75) is 6.10 Å². The number of nitrogens with zero attached hydrogens (tertiary/aromatic N) is 2. The summed E-state index contributed by atoms with van der Waals surface area (Å²) in [6.07, 6.45) is -0.455. The Bertz CT molecular complexity index is 594. The lowest BCUT2D eigenvalue weighted by molar-refractivity contribution is -0.137. The number of para-hydroxylation sites is 2. The van der Waals surface area contributed by atoms with Crippen molar-refractivity contribution in [3.8, 4) is 0 Å². The van der Waals surface area contributed by atoms with Crippen LogP contribution in [0.5, 0.6) is 0 Å². The lowest BCUT2D eigenvalue weighted by atomic mass is 10.2. The lowest BCUT2D eigenvalue weighted by Crippen LogP contribution is -2.52. The van der Waals surface area contributed by atoms with Crippen molar-refractivity contribution in [3.05, 3.63) is 60.7 Å². The Morgan fingerprint density at radius 1 is 1.09 bits per heavy atom. The molecule has 5 heteroatoms. The number of hydrogen-bond acceptors (Lipinski definition) is 4. The van der Waals surface area contributed by atoms with Gasteiger partial charge in [0.2, 0.25) is 0 Å². The molecule has 0 saturated carbocycles. The number of carbonyl (C=O) groups is 1. The molecule has 0 aromatic heterocycles. The van der Waals surface area contributed by atoms with Gasteiger partial charge in [-0.05, 0) is 31.3 Å². The molecule has 120 valence electrons. The molecule has 0 radical (unpaired) electrons. The fraction of sp³-hybridized carbons (Fsp3) is 0.278. The quantitative estimate of drug-likeness (QED) is 0.879. The minimum atomic E-state index is -0.455. The van der Waals surface area contributed by atoms with Crippen molar-refractivity contribution in [1.29, 1.82) is 0 Å². The Balaban J connectivity index is 1.80. The van der Waals surface area contributed by atoms with Crippen molar-refractivity contribution in [2.24, 2.45) is 0 Å². The zero-order chi connectivity index (χ0) is 16.1. The molecule has 2 aromatic carbocycles. The molecule has 0 aliphatic carbocycles. The third-order valence-corrected chi connectivity index (χ3v) is 3.81. The molecule has 2 aromatic rings. The van der Waals surface area contributed by atoms with Crippen LogP contribution in [0, 0.1) is 0 Å². The number of hydrazine groups is 1. The highest BCUT2D eigenvalue weighted by Crippen LogP contribution is 2.22. The lowest BCUT2D eigenvalue weighted by Gasteiger charge is -2.32. The van der Waals surface area contributed by atoms with Gasteiger partial charge in [-0.1, -0.05) is 36.4 Å². The molecule has 1 saturated heterocycles. The maximum absolute atomic E-state index is 12.6. The highest BCUT2D eigenvalue weighted by Gasteiger charge is 2.26. The fourth-order valence-corrected chi connectivity index (χ4v) is 2.55. The standard InChI is InChI=1S/C18H21N3O2/c1-20-12-13-23-17(14-20)18(22)19-21(15-8-4-2-5-9-15)16-10-6-3-7-11-16/h2-11,17H,12-14H2,1H3,(H,19,22)/t17-/m0/s1. The van der Waals surface area contributed by atoms with Crippen LogP contribution in [0.1, 0.15) is 0 Å². The van der Waals surface area contributed by atoms with E-state index in [9.17, 15) is 4.79 Å². The minimum absolute atomic E-state index is 0.135. The summed E-state index contributed by atoms with van der Waals surface area (Å²) >= 11 is 0. The van der Waals surface area contributed by atoms with Crippen molar-refractivity contribution < 1.29 is 9.53 Å². The Kier molecular flexibility index (Phi) is 4.90. The van der Waals surface area contributed by atoms with E-state index >= 15 is 0 Å². The van der Waals surface area contributed by atoms with Gasteiger partial charge < -0.3 is 9.64 Å². The molecule has 1 N–H and O–H groups in total. The summed E-state index contributed by atoms with van der Waals surface area (Å²) in [4.78, 5) is 14.7. The third kappa shape index (κ3) is 3.88. The van der Waals surface area contributed by atoms with Crippen LogP contribution in [0.25, 0.3) is 0 Å². The van der Waals surface area contributed by atoms with Crippen LogP contribution in [0.3, 0.4) is 0 Å². The second-order valence-electron chi connectivity index (χ2n) is 5.60. The fourth-order valence-electron chi connectivity index (χ4n) is 2.55. The number of benzene rings is 2. The Labute approximate surface area is 136 Å². The molecular weight excluding hydrogens is 290 g/mol. The summed E-state index contributed by atoms with van der Waals surface area (Å²) in [6.45, 7) is 2.03. The number of nitrogens with one attached hydrogen (secondary N) is 1. The van der Waals surface area contributed by atoms with Crippen LogP contribution in [0.2, 0.25) is 0 Å². The van der Waals surface area contributed by atoms with E-state index in [1.807, 2.05) is 67.7 Å². The zero-order valence-corrected chi connectivity index (χ0v) is 13.2. The summed E-state index contributed by atoms with van der Waals surface area (Å²) in [5.74, 6) is -0.135. The third-order valence-electron chi connectivity index (χ3n) is 3.81. The van der Waals surface area contributed by atoms with Gasteiger partial charge in [0.1, 0.15) is 0 Å². The molecule has 23 heavy (non-hydrogen) atoms. The Morgan fingerprint density at radius 3 is 2.17 bits per heavy atom. The Hall–Kier alpha value is -2.37. The first kappa shape index (κ1) is 15.5. The number of amides is 1. The monoisotopic (exact) mass is 311 g/mol. The average Bonchev–Trinajstić information content (AvgIpc) is 2.61. The highest BCUT2D eigenvalue weighted by molar-refractivity contribution is 5.84. The second kappa shape index (κ2) is 7.26. The van der Waals surface area contributed by atoms with Gasteiger partial charge in [-0.2, -0.15) is 0 Å². The summed E-state index contributed by atoms with van der Waals surface area (Å²) in [7, 11) is 2.00. The van der Waals surface area contributed by atoms with E-state index in [4.69, 9.17) is 4.74 Å². The first-order chi connectivity index (χ1) is 11.2. The normalized spacial score (nSPS) is 18.4. The number of hydrogen-bond donors (Lipinski definition) is 1. The highest BCUT2D eigenvalue weighted by atomic mass is 16.5. The van der Waals surface area contributed by atoms with Crippen molar-refractivity contribution in [1.82, 2.24) is 10.3 Å². The molecule has 0 unspecified atom stereocenters. The maximum atomic E-state index is 12.6. The van der Waals surface area contributed by atoms with E-state index in [2.05, 4.69) is 10.3 Å². The molecule has 0 spiro atoms. The van der Waals surface area contributed by atoms with Gasteiger partial charge in [-0.3, -0.25) is 15.2 Å². The van der Waals surface area contributed by atoms with Crippen molar-refractivity contribution in [2.75, 3.05) is 31.8 Å². The molecule has 1 aliphatic heterocycles. The average molecular weight is 311 g/mol. The topological polar surface area (TPSA) is 44.8 Å². The Morgan fingerprint density at radius 2 is 1.65 bits per heavy atom. The van der Waals surface area contributed by atoms with Gasteiger partial charge in [0.25, 0.3) is 5.91 Å². The van der Waals surface area contributed by atoms with Gasteiger partial charge in [0.05, 0.1) is 18.0 Å². The molecule has 0 bridgehead atoms. The van der Waals surface area contributed by atoms with Crippen LogP contribution in [-0.2, 0) is 9.53 Å². The SMILES string of the molecule is CN1CCO[C@H](C(=O)NN(c2ccccc2)c2ccccc2)C1. The minimum Gasteiger partial charge on any atom is -0.366 e. The van der Waals surface area contributed by atoms with Crippen LogP contribution in [0.4, 0.5) is 11.4 Å². The number of anilines is 2. The molecule has 3 rings (SSSR count). The maximum Gasteiger partial charge on any atom is 0.269 e. The smallest absolute Gasteiger partial charge is 0.269 e. The molecule has 1 aliphatic rings. The first-order valence-corrected chi connectivity index (χ1v) is 7.75. The zero-order valence-electron chi connectivity index (χ0n) is 13.2. The van der Waals surface area contributed by atoms with E-state index in [0.717, 1.165) is 17.9 Å². The van der Waals surface area contributed by atoms with Crippen LogP contribution in [-0.4, -0.2) is 43.7 Å². The van der Waals surface area contributed by atoms with Gasteiger partial charge in [-0.15, -0.1) is 0 Å². The van der Waals surface area contributed by atoms with Crippen molar-refractivity contribution in [3.63, 3.8) is 0 Å². The van der Waals surface area contributed by atoms with Crippen LogP contribution in [0.15, 0.2) is 60.7 Å². The van der Waals surface area contributed by atoms with Gasteiger partial charge >= 0.3 is 0 Å². The van der Waals surface area contributed by atoms with E-state index in [1.165, 1.54) is 0 Å². The number of carbonyl (C=O) groups excluding carboxylic acids is 1. The van der Waals surface area contributed by atoms with E-state index < -0.39 is 6.10 Å². The molecular formula is C18H21N3O2. The summed E-state index contributed by atoms with van der Waals surface area (Å²) < 4.78 is 5.60. The molecule has 1 amide bonds. The molecule has 1 atom stereocenters. The number of likely N-dealkylation sites (N-methyl/N-ethyl adjacent to an activating group) is 1. The van der Waals surface area contributed by atoms with Gasteiger partial charge in [-0.25, -0.2) is 0 Å².